The number of carbonyl (C=O) groups is 3. The van der Waals surface area contributed by atoms with Crippen molar-refractivity contribution >= 4 is 29.5 Å². The molecule has 2 fully saturated rings. The highest BCUT2D eigenvalue weighted by molar-refractivity contribution is 8.02. The van der Waals surface area contributed by atoms with Crippen LogP contribution in [0.25, 0.3) is 0 Å². The number of aliphatic hydroxyl groups is 1. The Balaban J connectivity index is 1.76. The molecule has 0 aliphatic carbocycles. The summed E-state index contributed by atoms with van der Waals surface area (Å²) in [5.74, 6) is -1.79. The minimum Gasteiger partial charge on any atom is -0.465 e. The van der Waals surface area contributed by atoms with Crippen molar-refractivity contribution in [1.29, 1.82) is 0 Å². The number of ether oxygens (including phenoxy) is 1. The second kappa shape index (κ2) is 9.82. The maximum atomic E-state index is 14.0. The van der Waals surface area contributed by atoms with Crippen molar-refractivity contribution in [2.75, 3.05) is 32.8 Å². The molecule has 0 saturated carbocycles. The molecule has 7 nitrogen and oxygen atoms in total. The molecule has 2 saturated heterocycles. The molecule has 5 atom stereocenters. The maximum absolute atomic E-state index is 14.0. The molecule has 0 bridgehead atoms. The second-order valence-electron chi connectivity index (χ2n) is 9.71. The Hall–Kier alpha value is -1.80. The number of aliphatic hydroxyl groups excluding tert-OH is 1. The first kappa shape index (κ1) is 24.3. The molecule has 33 heavy (non-hydrogen) atoms. The van der Waals surface area contributed by atoms with Crippen molar-refractivity contribution in [3.63, 3.8) is 0 Å². The van der Waals surface area contributed by atoms with E-state index in [-0.39, 0.29) is 24.4 Å². The van der Waals surface area contributed by atoms with Gasteiger partial charge in [-0.3, -0.25) is 14.4 Å². The number of amides is 2. The number of carbonyl (C=O) groups excluding carboxylic acids is 3. The summed E-state index contributed by atoms with van der Waals surface area (Å²) >= 11 is 1.59. The van der Waals surface area contributed by atoms with Gasteiger partial charge in [-0.2, -0.15) is 0 Å². The summed E-state index contributed by atoms with van der Waals surface area (Å²) in [6.07, 6.45) is 13.0. The minimum absolute atomic E-state index is 0.0290. The van der Waals surface area contributed by atoms with Crippen LogP contribution in [-0.4, -0.2) is 81.1 Å². The number of hydrogen-bond donors (Lipinski definition) is 1. The normalized spacial score (nSPS) is 35.6. The van der Waals surface area contributed by atoms with E-state index in [1.807, 2.05) is 30.1 Å². The summed E-state index contributed by atoms with van der Waals surface area (Å²) in [6.45, 7) is 6.09. The standard InChI is InChI=1S/C25H36N2O5S/c1-3-4-6-13-26-14-10-12-25-18(19-23(31)32-17-9-5-11-24(19,2)33-25)21(29)27(15-7-8-16-28)20(25)22(26)30/h5,10-12,18-20,28H,3-4,6-9,13-17H2,1-2H3/t18-,19-,20?,24+,25-/m0/s1. The van der Waals surface area contributed by atoms with E-state index in [1.54, 1.807) is 16.7 Å². The lowest BCUT2D eigenvalue weighted by atomic mass is 9.74. The highest BCUT2D eigenvalue weighted by Gasteiger charge is 2.73. The largest absolute Gasteiger partial charge is 0.465 e. The van der Waals surface area contributed by atoms with Crippen LogP contribution in [0.2, 0.25) is 0 Å². The average molecular weight is 477 g/mol. The van der Waals surface area contributed by atoms with E-state index in [1.165, 1.54) is 0 Å². The van der Waals surface area contributed by atoms with Crippen molar-refractivity contribution < 1.29 is 24.2 Å². The first-order valence-corrected chi connectivity index (χ1v) is 13.1. The third-order valence-corrected chi connectivity index (χ3v) is 9.24. The monoisotopic (exact) mass is 476 g/mol. The molecule has 0 radical (unpaired) electrons. The fourth-order valence-electron chi connectivity index (χ4n) is 5.92. The first-order valence-electron chi connectivity index (χ1n) is 12.3. The number of likely N-dealkylation sites (tertiary alicyclic amines) is 1. The van der Waals surface area contributed by atoms with Gasteiger partial charge in [0.2, 0.25) is 11.8 Å². The highest BCUT2D eigenvalue weighted by atomic mass is 32.2. The number of hydrogen-bond acceptors (Lipinski definition) is 6. The predicted molar refractivity (Wildman–Crippen MR) is 127 cm³/mol. The molecule has 4 aliphatic rings. The van der Waals surface area contributed by atoms with Gasteiger partial charge in [0.05, 0.1) is 23.2 Å². The van der Waals surface area contributed by atoms with Crippen LogP contribution in [-0.2, 0) is 19.1 Å². The zero-order valence-electron chi connectivity index (χ0n) is 19.7. The summed E-state index contributed by atoms with van der Waals surface area (Å²) < 4.78 is 4.13. The van der Waals surface area contributed by atoms with Gasteiger partial charge in [-0.1, -0.05) is 44.1 Å². The average Bonchev–Trinajstić information content (AvgIpc) is 3.09. The van der Waals surface area contributed by atoms with Crippen molar-refractivity contribution in [1.82, 2.24) is 9.80 Å². The van der Waals surface area contributed by atoms with E-state index >= 15 is 0 Å². The van der Waals surface area contributed by atoms with Crippen LogP contribution in [0, 0.1) is 11.8 Å². The van der Waals surface area contributed by atoms with Crippen molar-refractivity contribution in [3.05, 3.63) is 24.3 Å². The lowest BCUT2D eigenvalue weighted by Crippen LogP contribution is -2.53. The van der Waals surface area contributed by atoms with Gasteiger partial charge in [-0.15, -0.1) is 11.8 Å². The molecule has 1 N–H and O–H groups in total. The van der Waals surface area contributed by atoms with Gasteiger partial charge in [0.25, 0.3) is 0 Å². The van der Waals surface area contributed by atoms with Gasteiger partial charge in [0.1, 0.15) is 6.04 Å². The molecule has 2 amide bonds. The Kier molecular flexibility index (Phi) is 7.24. The summed E-state index contributed by atoms with van der Waals surface area (Å²) in [4.78, 5) is 44.7. The summed E-state index contributed by atoms with van der Waals surface area (Å²) in [6, 6.07) is -0.648. The van der Waals surface area contributed by atoms with Crippen LogP contribution < -0.4 is 0 Å². The molecular weight excluding hydrogens is 440 g/mol. The zero-order valence-corrected chi connectivity index (χ0v) is 20.5. The van der Waals surface area contributed by atoms with E-state index in [4.69, 9.17) is 4.74 Å². The Bertz CT molecular complexity index is 845. The van der Waals surface area contributed by atoms with Crippen molar-refractivity contribution in [2.45, 2.75) is 67.9 Å². The highest BCUT2D eigenvalue weighted by Crippen LogP contribution is 2.65. The molecule has 4 heterocycles. The predicted octanol–water partition coefficient (Wildman–Crippen LogP) is 2.54. The van der Waals surface area contributed by atoms with E-state index in [2.05, 4.69) is 13.0 Å². The van der Waals surface area contributed by atoms with Crippen LogP contribution in [0.15, 0.2) is 24.3 Å². The van der Waals surface area contributed by atoms with Crippen LogP contribution >= 0.6 is 11.8 Å². The van der Waals surface area contributed by atoms with Gasteiger partial charge in [0.15, 0.2) is 0 Å². The lowest BCUT2D eigenvalue weighted by molar-refractivity contribution is -0.154. The first-order chi connectivity index (χ1) is 15.9. The Morgan fingerprint density at radius 1 is 1.06 bits per heavy atom. The maximum Gasteiger partial charge on any atom is 0.311 e. The fraction of sp³-hybridized carbons (Fsp3) is 0.720. The Labute approximate surface area is 200 Å². The van der Waals surface area contributed by atoms with E-state index in [0.29, 0.717) is 45.5 Å². The van der Waals surface area contributed by atoms with E-state index < -0.39 is 27.4 Å². The smallest absolute Gasteiger partial charge is 0.311 e. The van der Waals surface area contributed by atoms with Gasteiger partial charge in [-0.25, -0.2) is 0 Å². The van der Waals surface area contributed by atoms with Gasteiger partial charge in [-0.05, 0) is 32.6 Å². The number of nitrogens with zero attached hydrogens (tertiary/aromatic N) is 2. The fourth-order valence-corrected chi connectivity index (χ4v) is 8.08. The zero-order chi connectivity index (χ0) is 23.6. The topological polar surface area (TPSA) is 87.2 Å². The number of thioether (sulfide) groups is 1. The van der Waals surface area contributed by atoms with E-state index in [9.17, 15) is 19.5 Å². The SMILES string of the molecule is CCCCCN1CC=C[C@]23S[C@]4(C)C=CCCOC(=O)[C@@H]4[C@H]2C(=O)N(CCCCO)C3C1=O. The summed E-state index contributed by atoms with van der Waals surface area (Å²) in [7, 11) is 0. The molecule has 4 rings (SSSR count). The van der Waals surface area contributed by atoms with Crippen molar-refractivity contribution in [3.8, 4) is 0 Å². The second-order valence-corrected chi connectivity index (χ2v) is 11.5. The van der Waals surface area contributed by atoms with Crippen LogP contribution in [0.5, 0.6) is 0 Å². The third-order valence-electron chi connectivity index (χ3n) is 7.44. The summed E-state index contributed by atoms with van der Waals surface area (Å²) in [5.41, 5.74) is 0. The van der Waals surface area contributed by atoms with Gasteiger partial charge in [0, 0.05) is 31.0 Å². The molecule has 4 aliphatic heterocycles. The number of rotatable bonds is 8. The Morgan fingerprint density at radius 3 is 2.61 bits per heavy atom. The lowest BCUT2D eigenvalue weighted by Gasteiger charge is -2.37. The molecule has 1 unspecified atom stereocenters. The number of unbranched alkanes of at least 4 members (excludes halogenated alkanes) is 3. The van der Waals surface area contributed by atoms with Gasteiger partial charge >= 0.3 is 5.97 Å². The Morgan fingerprint density at radius 2 is 1.85 bits per heavy atom. The van der Waals surface area contributed by atoms with Crippen LogP contribution in [0.1, 0.15) is 52.4 Å². The number of esters is 1. The molecule has 0 aromatic heterocycles. The molecule has 0 aromatic rings. The minimum atomic E-state index is -0.806. The summed E-state index contributed by atoms with van der Waals surface area (Å²) in [5, 5.41) is 9.28. The molecule has 8 heteroatoms. The molecule has 182 valence electrons. The third kappa shape index (κ3) is 4.14. The van der Waals surface area contributed by atoms with Crippen molar-refractivity contribution in [2.24, 2.45) is 11.8 Å². The van der Waals surface area contributed by atoms with Crippen LogP contribution in [0.3, 0.4) is 0 Å². The molecule has 1 spiro atoms. The molecular formula is C25H36N2O5S. The number of fused-ring (bicyclic) bond motifs is 2. The molecule has 0 aromatic carbocycles. The van der Waals surface area contributed by atoms with Crippen LogP contribution in [0.4, 0.5) is 0 Å². The quantitative estimate of drug-likeness (QED) is 0.329. The van der Waals surface area contributed by atoms with E-state index in [0.717, 1.165) is 19.3 Å². The van der Waals surface area contributed by atoms with Gasteiger partial charge < -0.3 is 19.6 Å². The number of cyclic esters (lactones) is 1.